The van der Waals surface area contributed by atoms with E-state index in [9.17, 15) is 24.1 Å². The van der Waals surface area contributed by atoms with E-state index in [1.165, 1.54) is 41.3 Å². The molecule has 2 amide bonds. The van der Waals surface area contributed by atoms with Crippen molar-refractivity contribution < 1.29 is 28.4 Å². The molecule has 4 atom stereocenters. The Morgan fingerprint density at radius 2 is 1.72 bits per heavy atom. The largest absolute Gasteiger partial charge is 0.493 e. The Balaban J connectivity index is 1.34. The zero-order valence-electron chi connectivity index (χ0n) is 19.5. The molecule has 3 aliphatic rings. The van der Waals surface area contributed by atoms with Gasteiger partial charge in [-0.05, 0) is 56.2 Å². The molecular weight excluding hydrogens is 467 g/mol. The predicted octanol–water partition coefficient (Wildman–Crippen LogP) is 4.78. The number of ether oxygens (including phenoxy) is 2. The molecule has 3 aromatic rings. The molecule has 8 nitrogen and oxygen atoms in total. The van der Waals surface area contributed by atoms with Crippen LogP contribution in [0, 0.1) is 27.8 Å². The highest BCUT2D eigenvalue weighted by Crippen LogP contribution is 2.62. The number of benzene rings is 3. The van der Waals surface area contributed by atoms with Gasteiger partial charge in [-0.1, -0.05) is 18.2 Å². The Morgan fingerprint density at radius 1 is 1.03 bits per heavy atom. The van der Waals surface area contributed by atoms with Crippen molar-refractivity contribution in [1.82, 2.24) is 0 Å². The van der Waals surface area contributed by atoms with E-state index < -0.39 is 28.0 Å². The van der Waals surface area contributed by atoms with Crippen molar-refractivity contribution in [3.05, 3.63) is 76.6 Å². The number of nitro groups is 1. The number of rotatable bonds is 6. The summed E-state index contributed by atoms with van der Waals surface area (Å²) in [6.45, 7) is 2.12. The summed E-state index contributed by atoms with van der Waals surface area (Å²) in [7, 11) is 0. The number of hydrogen-bond acceptors (Lipinski definition) is 6. The Hall–Kier alpha value is -3.85. The first kappa shape index (κ1) is 22.6. The molecule has 9 heteroatoms. The van der Waals surface area contributed by atoms with Crippen molar-refractivity contribution in [1.29, 1.82) is 0 Å². The molecule has 36 heavy (non-hydrogen) atoms. The van der Waals surface area contributed by atoms with E-state index in [2.05, 4.69) is 0 Å². The van der Waals surface area contributed by atoms with Crippen molar-refractivity contribution in [2.24, 2.45) is 11.8 Å². The van der Waals surface area contributed by atoms with E-state index in [0.29, 0.717) is 41.5 Å². The lowest BCUT2D eigenvalue weighted by Gasteiger charge is -2.31. The van der Waals surface area contributed by atoms with Crippen LogP contribution in [-0.2, 0) is 14.3 Å². The molecule has 2 bridgehead atoms. The average Bonchev–Trinajstić information content (AvgIpc) is 3.44. The second-order valence-electron chi connectivity index (χ2n) is 9.91. The molecule has 0 spiro atoms. The van der Waals surface area contributed by atoms with Crippen LogP contribution in [0.15, 0.2) is 60.7 Å². The summed E-state index contributed by atoms with van der Waals surface area (Å²) < 4.78 is 25.4. The van der Waals surface area contributed by atoms with E-state index >= 15 is 0 Å². The first-order chi connectivity index (χ1) is 17.2. The van der Waals surface area contributed by atoms with Crippen LogP contribution in [-0.4, -0.2) is 34.5 Å². The number of hydrogen-bond donors (Lipinski definition) is 0. The first-order valence-electron chi connectivity index (χ1n) is 11.9. The minimum absolute atomic E-state index is 0.0848. The molecule has 3 aliphatic heterocycles. The predicted molar refractivity (Wildman–Crippen MR) is 128 cm³/mol. The summed E-state index contributed by atoms with van der Waals surface area (Å²) in [4.78, 5) is 39.9. The SMILES string of the molecule is CC12CCC(CCOc3ccc(F)cc3)(O1)C1C(=O)N(c3ccc([N+](=O)[O-])c4ccccc34)C(=O)C12. The van der Waals surface area contributed by atoms with E-state index in [4.69, 9.17) is 9.47 Å². The number of nitrogens with zero attached hydrogens (tertiary/aromatic N) is 2. The van der Waals surface area contributed by atoms with Gasteiger partial charge in [0, 0.05) is 17.9 Å². The van der Waals surface area contributed by atoms with Crippen LogP contribution >= 0.6 is 0 Å². The number of imide groups is 1. The van der Waals surface area contributed by atoms with Crippen molar-refractivity contribution in [3.63, 3.8) is 0 Å². The van der Waals surface area contributed by atoms with Crippen LogP contribution in [0.25, 0.3) is 10.8 Å². The van der Waals surface area contributed by atoms with Crippen LogP contribution < -0.4 is 9.64 Å². The van der Waals surface area contributed by atoms with E-state index in [1.54, 1.807) is 24.3 Å². The highest BCUT2D eigenvalue weighted by atomic mass is 19.1. The summed E-state index contributed by atoms with van der Waals surface area (Å²) >= 11 is 0. The van der Waals surface area contributed by atoms with Gasteiger partial charge in [-0.15, -0.1) is 0 Å². The Kier molecular flexibility index (Phi) is 4.91. The fourth-order valence-electron chi connectivity index (χ4n) is 6.34. The second-order valence-corrected chi connectivity index (χ2v) is 9.91. The number of carbonyl (C=O) groups is 2. The van der Waals surface area contributed by atoms with Gasteiger partial charge in [-0.25, -0.2) is 9.29 Å². The van der Waals surface area contributed by atoms with Crippen molar-refractivity contribution in [2.45, 2.75) is 37.4 Å². The topological polar surface area (TPSA) is 99.0 Å². The number of anilines is 1. The fraction of sp³-hybridized carbons (Fsp3) is 0.333. The van der Waals surface area contributed by atoms with Crippen molar-refractivity contribution in [3.8, 4) is 5.75 Å². The second kappa shape index (κ2) is 7.83. The van der Waals surface area contributed by atoms with Crippen LogP contribution in [0.3, 0.4) is 0 Å². The highest BCUT2D eigenvalue weighted by Gasteiger charge is 2.73. The van der Waals surface area contributed by atoms with E-state index in [0.717, 1.165) is 0 Å². The van der Waals surface area contributed by atoms with Gasteiger partial charge in [0.05, 0.1) is 45.6 Å². The van der Waals surface area contributed by atoms with Crippen LogP contribution in [0.5, 0.6) is 5.75 Å². The Morgan fingerprint density at radius 3 is 2.44 bits per heavy atom. The third kappa shape index (κ3) is 3.15. The summed E-state index contributed by atoms with van der Waals surface area (Å²) in [5.41, 5.74) is -1.37. The molecule has 6 rings (SSSR count). The number of halogens is 1. The molecule has 3 fully saturated rings. The summed E-state index contributed by atoms with van der Waals surface area (Å²) in [6.07, 6.45) is 1.65. The molecule has 184 valence electrons. The van der Waals surface area contributed by atoms with Gasteiger partial charge in [0.25, 0.3) is 5.69 Å². The zero-order chi connectivity index (χ0) is 25.2. The molecule has 3 saturated heterocycles. The van der Waals surface area contributed by atoms with Crippen LogP contribution in [0.1, 0.15) is 26.2 Å². The normalized spacial score (nSPS) is 28.7. The maximum atomic E-state index is 13.9. The average molecular weight is 490 g/mol. The Labute approximate surface area is 205 Å². The fourth-order valence-corrected chi connectivity index (χ4v) is 6.34. The lowest BCUT2D eigenvalue weighted by atomic mass is 9.67. The van der Waals surface area contributed by atoms with Gasteiger partial charge in [0.1, 0.15) is 11.6 Å². The zero-order valence-corrected chi connectivity index (χ0v) is 19.5. The maximum absolute atomic E-state index is 13.9. The monoisotopic (exact) mass is 490 g/mol. The highest BCUT2D eigenvalue weighted by molar-refractivity contribution is 6.26. The lowest BCUT2D eigenvalue weighted by Crippen LogP contribution is -2.43. The number of carbonyl (C=O) groups excluding carboxylic acids is 2. The quantitative estimate of drug-likeness (QED) is 0.280. The molecule has 4 unspecified atom stereocenters. The van der Waals surface area contributed by atoms with Gasteiger partial charge in [0.2, 0.25) is 11.8 Å². The third-order valence-corrected chi connectivity index (χ3v) is 7.94. The molecule has 0 N–H and O–H groups in total. The summed E-state index contributed by atoms with van der Waals surface area (Å²) in [5, 5.41) is 12.4. The van der Waals surface area contributed by atoms with Gasteiger partial charge in [-0.3, -0.25) is 19.7 Å². The molecule has 3 heterocycles. The molecular formula is C27H23FN2O6. The number of non-ortho nitro benzene ring substituents is 1. The summed E-state index contributed by atoms with van der Waals surface area (Å²) in [6, 6.07) is 15.2. The van der Waals surface area contributed by atoms with Crippen molar-refractivity contribution in [2.75, 3.05) is 11.5 Å². The number of nitro benzene ring substituents is 1. The number of amides is 2. The standard InChI is InChI=1S/C27H23FN2O6/c1-26-12-13-27(36-26,14-15-35-17-8-6-16(28)7-9-17)23-22(26)24(31)29(25(23)32)20-10-11-21(30(33)34)19-5-3-2-4-18(19)20/h2-11,22-23H,12-15H2,1H3. The van der Waals surface area contributed by atoms with Gasteiger partial charge in [0.15, 0.2) is 0 Å². The van der Waals surface area contributed by atoms with Gasteiger partial charge in [-0.2, -0.15) is 0 Å². The minimum Gasteiger partial charge on any atom is -0.493 e. The lowest BCUT2D eigenvalue weighted by molar-refractivity contribution is -0.383. The molecule has 0 saturated carbocycles. The molecule has 0 radical (unpaired) electrons. The maximum Gasteiger partial charge on any atom is 0.277 e. The molecule has 0 aromatic heterocycles. The van der Waals surface area contributed by atoms with E-state index in [1.807, 2.05) is 6.92 Å². The Bertz CT molecular complexity index is 1430. The minimum atomic E-state index is -0.850. The van der Waals surface area contributed by atoms with E-state index in [-0.39, 0.29) is 29.9 Å². The third-order valence-electron chi connectivity index (χ3n) is 7.94. The van der Waals surface area contributed by atoms with Crippen LogP contribution in [0.4, 0.5) is 15.8 Å². The van der Waals surface area contributed by atoms with Gasteiger partial charge >= 0.3 is 0 Å². The van der Waals surface area contributed by atoms with Crippen LogP contribution in [0.2, 0.25) is 0 Å². The summed E-state index contributed by atoms with van der Waals surface area (Å²) in [5.74, 6) is -1.85. The smallest absolute Gasteiger partial charge is 0.277 e. The van der Waals surface area contributed by atoms with Gasteiger partial charge < -0.3 is 9.47 Å². The first-order valence-corrected chi connectivity index (χ1v) is 11.9. The van der Waals surface area contributed by atoms with Crippen molar-refractivity contribution >= 4 is 34.0 Å². The number of fused-ring (bicyclic) bond motifs is 6. The molecule has 0 aliphatic carbocycles. The molecule has 3 aromatic carbocycles.